The van der Waals surface area contributed by atoms with Crippen molar-refractivity contribution in [3.63, 3.8) is 0 Å². The number of hydrogen-bond donors (Lipinski definition) is 2. The molecule has 1 fully saturated rings. The van der Waals surface area contributed by atoms with Crippen LogP contribution in [0.3, 0.4) is 0 Å². The Labute approximate surface area is 134 Å². The summed E-state index contributed by atoms with van der Waals surface area (Å²) >= 11 is 0. The van der Waals surface area contributed by atoms with Crippen molar-refractivity contribution in [3.05, 3.63) is 41.8 Å². The minimum absolute atomic E-state index is 0.0445. The van der Waals surface area contributed by atoms with Gasteiger partial charge in [-0.2, -0.15) is 0 Å². The van der Waals surface area contributed by atoms with E-state index < -0.39 is 0 Å². The summed E-state index contributed by atoms with van der Waals surface area (Å²) in [4.78, 5) is 23.7. The van der Waals surface area contributed by atoms with Crippen molar-refractivity contribution in [2.45, 2.75) is 32.6 Å². The van der Waals surface area contributed by atoms with Gasteiger partial charge in [-0.25, -0.2) is 0 Å². The Bertz CT molecular complexity index is 715. The molecule has 2 aromatic rings. The van der Waals surface area contributed by atoms with Gasteiger partial charge in [0, 0.05) is 29.3 Å². The largest absolute Gasteiger partial charge is 0.360 e. The molecule has 1 aromatic heterocycles. The molecule has 2 amide bonds. The van der Waals surface area contributed by atoms with Crippen LogP contribution in [0.4, 0.5) is 11.4 Å². The number of nitrogens with zero attached hydrogens (tertiary/aromatic N) is 1. The highest BCUT2D eigenvalue weighted by molar-refractivity contribution is 6.03. The molecule has 6 nitrogen and oxygen atoms in total. The number of amides is 2. The van der Waals surface area contributed by atoms with Crippen molar-refractivity contribution in [2.24, 2.45) is 5.92 Å². The number of hydrogen-bond acceptors (Lipinski definition) is 4. The van der Waals surface area contributed by atoms with Gasteiger partial charge in [0.15, 0.2) is 5.69 Å². The van der Waals surface area contributed by atoms with Crippen molar-refractivity contribution >= 4 is 23.2 Å². The number of rotatable bonds is 5. The molecule has 120 valence electrons. The molecule has 23 heavy (non-hydrogen) atoms. The third kappa shape index (κ3) is 3.77. The fraction of sp³-hybridized carbons (Fsp3) is 0.353. The Hall–Kier alpha value is -2.63. The van der Waals surface area contributed by atoms with Crippen LogP contribution in [-0.4, -0.2) is 17.0 Å². The van der Waals surface area contributed by atoms with Crippen molar-refractivity contribution in [2.75, 3.05) is 10.6 Å². The van der Waals surface area contributed by atoms with Gasteiger partial charge >= 0.3 is 0 Å². The summed E-state index contributed by atoms with van der Waals surface area (Å²) in [7, 11) is 0. The van der Waals surface area contributed by atoms with Gasteiger partial charge < -0.3 is 15.2 Å². The van der Waals surface area contributed by atoms with Crippen LogP contribution in [0.2, 0.25) is 0 Å². The van der Waals surface area contributed by atoms with E-state index >= 15 is 0 Å². The summed E-state index contributed by atoms with van der Waals surface area (Å²) in [5.41, 5.74) is 1.61. The van der Waals surface area contributed by atoms with Gasteiger partial charge in [0.2, 0.25) is 5.91 Å². The van der Waals surface area contributed by atoms with Crippen molar-refractivity contribution in [1.29, 1.82) is 0 Å². The standard InChI is InChI=1S/C17H19N3O3/c1-10(2)16(21)18-12-5-7-13(8-6-12)19-17(22)14-9-15(23-20-14)11-3-4-11/h5-11H,3-4H2,1-2H3,(H,18,21)(H,19,22). The molecule has 6 heteroatoms. The number of aromatic nitrogens is 1. The van der Waals surface area contributed by atoms with E-state index in [-0.39, 0.29) is 23.4 Å². The summed E-state index contributed by atoms with van der Waals surface area (Å²) in [5.74, 6) is 0.772. The molecule has 1 aliphatic carbocycles. The second-order valence-electron chi connectivity index (χ2n) is 6.06. The normalized spacial score (nSPS) is 13.9. The average Bonchev–Trinajstić information content (AvgIpc) is 3.26. The lowest BCUT2D eigenvalue weighted by Gasteiger charge is -2.08. The third-order valence-electron chi connectivity index (χ3n) is 3.68. The molecule has 0 atom stereocenters. The second kappa shape index (κ2) is 6.24. The zero-order valence-corrected chi connectivity index (χ0v) is 13.1. The fourth-order valence-electron chi connectivity index (χ4n) is 2.08. The molecule has 1 aliphatic rings. The molecule has 0 unspecified atom stereocenters. The molecule has 0 radical (unpaired) electrons. The van der Waals surface area contributed by atoms with Crippen LogP contribution in [0.25, 0.3) is 0 Å². The minimum Gasteiger partial charge on any atom is -0.360 e. The zero-order valence-electron chi connectivity index (χ0n) is 13.1. The maximum Gasteiger partial charge on any atom is 0.277 e. The first kappa shape index (κ1) is 15.3. The van der Waals surface area contributed by atoms with E-state index in [1.807, 2.05) is 13.8 Å². The second-order valence-corrected chi connectivity index (χ2v) is 6.06. The van der Waals surface area contributed by atoms with Gasteiger partial charge in [0.05, 0.1) is 0 Å². The third-order valence-corrected chi connectivity index (χ3v) is 3.68. The van der Waals surface area contributed by atoms with E-state index in [0.717, 1.165) is 18.6 Å². The van der Waals surface area contributed by atoms with E-state index in [1.54, 1.807) is 30.3 Å². The molecule has 1 heterocycles. The quantitative estimate of drug-likeness (QED) is 0.886. The summed E-state index contributed by atoms with van der Waals surface area (Å²) < 4.78 is 5.17. The number of nitrogens with one attached hydrogen (secondary N) is 2. The topological polar surface area (TPSA) is 84.2 Å². The minimum atomic E-state index is -0.306. The lowest BCUT2D eigenvalue weighted by atomic mass is 10.2. The van der Waals surface area contributed by atoms with E-state index in [2.05, 4.69) is 15.8 Å². The predicted octanol–water partition coefficient (Wildman–Crippen LogP) is 3.40. The molecule has 1 aromatic carbocycles. The van der Waals surface area contributed by atoms with Gasteiger partial charge in [-0.05, 0) is 37.1 Å². The SMILES string of the molecule is CC(C)C(=O)Nc1ccc(NC(=O)c2cc(C3CC3)on2)cc1. The molecule has 0 spiro atoms. The van der Waals surface area contributed by atoms with E-state index in [4.69, 9.17) is 4.52 Å². The smallest absolute Gasteiger partial charge is 0.277 e. The van der Waals surface area contributed by atoms with Gasteiger partial charge in [-0.1, -0.05) is 19.0 Å². The summed E-state index contributed by atoms with van der Waals surface area (Å²) in [5, 5.41) is 9.36. The van der Waals surface area contributed by atoms with Gasteiger partial charge in [-0.3, -0.25) is 9.59 Å². The highest BCUT2D eigenvalue weighted by Crippen LogP contribution is 2.40. The molecular formula is C17H19N3O3. The van der Waals surface area contributed by atoms with E-state index in [9.17, 15) is 9.59 Å². The van der Waals surface area contributed by atoms with Crippen molar-refractivity contribution in [3.8, 4) is 0 Å². The Kier molecular flexibility index (Phi) is 4.14. The number of carbonyl (C=O) groups is 2. The molecular weight excluding hydrogens is 294 g/mol. The van der Waals surface area contributed by atoms with Crippen LogP contribution in [0, 0.1) is 5.92 Å². The highest BCUT2D eigenvalue weighted by Gasteiger charge is 2.28. The van der Waals surface area contributed by atoms with Crippen LogP contribution in [0.1, 0.15) is 48.9 Å². The first-order valence-electron chi connectivity index (χ1n) is 7.72. The maximum absolute atomic E-state index is 12.1. The fourth-order valence-corrected chi connectivity index (χ4v) is 2.08. The Morgan fingerprint density at radius 2 is 1.74 bits per heavy atom. The molecule has 0 aliphatic heterocycles. The molecule has 2 N–H and O–H groups in total. The van der Waals surface area contributed by atoms with Gasteiger partial charge in [-0.15, -0.1) is 0 Å². The molecule has 0 saturated heterocycles. The summed E-state index contributed by atoms with van der Waals surface area (Å²) in [6, 6.07) is 8.65. The van der Waals surface area contributed by atoms with Crippen LogP contribution in [-0.2, 0) is 4.79 Å². The Morgan fingerprint density at radius 1 is 1.13 bits per heavy atom. The van der Waals surface area contributed by atoms with Crippen LogP contribution >= 0.6 is 0 Å². The van der Waals surface area contributed by atoms with Gasteiger partial charge in [0.25, 0.3) is 5.91 Å². The van der Waals surface area contributed by atoms with E-state index in [0.29, 0.717) is 17.3 Å². The van der Waals surface area contributed by atoms with Gasteiger partial charge in [0.1, 0.15) is 5.76 Å². The Balaban J connectivity index is 1.60. The summed E-state index contributed by atoms with van der Waals surface area (Å²) in [6.07, 6.45) is 2.19. The number of anilines is 2. The van der Waals surface area contributed by atoms with Crippen molar-refractivity contribution < 1.29 is 14.1 Å². The van der Waals surface area contributed by atoms with Crippen LogP contribution < -0.4 is 10.6 Å². The highest BCUT2D eigenvalue weighted by atomic mass is 16.5. The Morgan fingerprint density at radius 3 is 2.30 bits per heavy atom. The molecule has 3 rings (SSSR count). The van der Waals surface area contributed by atoms with Crippen molar-refractivity contribution in [1.82, 2.24) is 5.16 Å². The maximum atomic E-state index is 12.1. The monoisotopic (exact) mass is 313 g/mol. The van der Waals surface area contributed by atoms with Crippen LogP contribution in [0.5, 0.6) is 0 Å². The lowest BCUT2D eigenvalue weighted by molar-refractivity contribution is -0.118. The molecule has 0 bridgehead atoms. The number of benzene rings is 1. The predicted molar refractivity (Wildman–Crippen MR) is 86.3 cm³/mol. The zero-order chi connectivity index (χ0) is 16.4. The molecule has 1 saturated carbocycles. The van der Waals surface area contributed by atoms with E-state index in [1.165, 1.54) is 0 Å². The lowest BCUT2D eigenvalue weighted by Crippen LogP contribution is -2.17. The first-order chi connectivity index (χ1) is 11.0. The summed E-state index contributed by atoms with van der Waals surface area (Å²) in [6.45, 7) is 3.66. The number of carbonyl (C=O) groups excluding carboxylic acids is 2. The van der Waals surface area contributed by atoms with Crippen LogP contribution in [0.15, 0.2) is 34.9 Å². The first-order valence-corrected chi connectivity index (χ1v) is 7.72. The average molecular weight is 313 g/mol.